The highest BCUT2D eigenvalue weighted by atomic mass is 16.4. The van der Waals surface area contributed by atoms with Gasteiger partial charge in [-0.25, -0.2) is 0 Å². The topological polar surface area (TPSA) is 77.8 Å². The molecule has 1 aromatic carbocycles. The molecule has 0 unspecified atom stereocenters. The molecular formula is C19H24O4. The van der Waals surface area contributed by atoms with Gasteiger partial charge >= 0.3 is 5.97 Å². The Bertz CT molecular complexity index is 594. The van der Waals surface area contributed by atoms with E-state index in [0.29, 0.717) is 23.7 Å². The molecule has 4 nitrogen and oxygen atoms in total. The lowest BCUT2D eigenvalue weighted by Crippen LogP contribution is -2.59. The van der Waals surface area contributed by atoms with Crippen LogP contribution in [0.4, 0.5) is 0 Å². The number of phenolic OH excluding ortho intramolecular Hbond substituents is 1. The zero-order valence-corrected chi connectivity index (χ0v) is 13.2. The van der Waals surface area contributed by atoms with Gasteiger partial charge in [0, 0.05) is 0 Å². The third kappa shape index (κ3) is 2.35. The predicted octanol–water partition coefficient (Wildman–Crippen LogP) is 2.82. The lowest BCUT2D eigenvalue weighted by molar-refractivity contribution is -0.178. The zero-order chi connectivity index (χ0) is 16.2. The summed E-state index contributed by atoms with van der Waals surface area (Å²) in [6.45, 7) is 0. The number of aliphatic carboxylic acids is 1. The highest BCUT2D eigenvalue weighted by Crippen LogP contribution is 2.64. The van der Waals surface area contributed by atoms with Gasteiger partial charge in [-0.3, -0.25) is 4.79 Å². The summed E-state index contributed by atoms with van der Waals surface area (Å²) >= 11 is 0. The van der Waals surface area contributed by atoms with Gasteiger partial charge in [-0.1, -0.05) is 12.1 Å². The Kier molecular flexibility index (Phi) is 3.41. The molecule has 3 N–H and O–H groups in total. The second-order valence-electron chi connectivity index (χ2n) is 8.00. The van der Waals surface area contributed by atoms with Crippen LogP contribution in [-0.2, 0) is 11.2 Å². The summed E-state index contributed by atoms with van der Waals surface area (Å²) in [6.07, 6.45) is 4.58. The second-order valence-corrected chi connectivity index (χ2v) is 8.00. The molecule has 124 valence electrons. The highest BCUT2D eigenvalue weighted by Gasteiger charge is 2.60. The minimum atomic E-state index is -0.724. The summed E-state index contributed by atoms with van der Waals surface area (Å²) in [5.74, 6) is 1.01. The Labute approximate surface area is 136 Å². The number of hydrogen-bond acceptors (Lipinski definition) is 3. The van der Waals surface area contributed by atoms with E-state index in [1.165, 1.54) is 0 Å². The molecule has 4 aliphatic rings. The van der Waals surface area contributed by atoms with Crippen molar-refractivity contribution >= 4 is 5.97 Å². The van der Waals surface area contributed by atoms with Gasteiger partial charge < -0.3 is 15.3 Å². The van der Waals surface area contributed by atoms with Crippen LogP contribution in [0.1, 0.15) is 37.7 Å². The van der Waals surface area contributed by atoms with Crippen LogP contribution < -0.4 is 0 Å². The van der Waals surface area contributed by atoms with Crippen molar-refractivity contribution < 1.29 is 20.1 Å². The van der Waals surface area contributed by atoms with Crippen LogP contribution in [0.15, 0.2) is 24.3 Å². The maximum Gasteiger partial charge on any atom is 0.303 e. The Morgan fingerprint density at radius 3 is 2.26 bits per heavy atom. The minimum Gasteiger partial charge on any atom is -0.508 e. The molecular weight excluding hydrogens is 292 g/mol. The summed E-state index contributed by atoms with van der Waals surface area (Å²) < 4.78 is 0. The average Bonchev–Trinajstić information content (AvgIpc) is 2.45. The third-order valence-corrected chi connectivity index (χ3v) is 6.87. The van der Waals surface area contributed by atoms with E-state index in [9.17, 15) is 20.1 Å². The molecule has 0 aromatic heterocycles. The van der Waals surface area contributed by atoms with Gasteiger partial charge in [0.25, 0.3) is 0 Å². The molecule has 0 radical (unpaired) electrons. The van der Waals surface area contributed by atoms with Crippen molar-refractivity contribution in [2.45, 2.75) is 44.6 Å². The van der Waals surface area contributed by atoms with E-state index in [2.05, 4.69) is 0 Å². The van der Waals surface area contributed by atoms with Crippen molar-refractivity contribution in [3.63, 3.8) is 0 Å². The molecule has 5 rings (SSSR count). The SMILES string of the molecule is O=C(O)CC1(Cc2cccc(O)c2)C2CC3CC1CC(C2)C3O. The maximum absolute atomic E-state index is 11.6. The van der Waals surface area contributed by atoms with Gasteiger partial charge in [-0.15, -0.1) is 0 Å². The van der Waals surface area contributed by atoms with Gasteiger partial charge in [0.05, 0.1) is 12.5 Å². The number of aliphatic hydroxyl groups excluding tert-OH is 1. The van der Waals surface area contributed by atoms with Crippen molar-refractivity contribution in [1.82, 2.24) is 0 Å². The summed E-state index contributed by atoms with van der Waals surface area (Å²) in [7, 11) is 0. The Hall–Kier alpha value is -1.55. The molecule has 0 aliphatic heterocycles. The smallest absolute Gasteiger partial charge is 0.303 e. The first-order valence-corrected chi connectivity index (χ1v) is 8.66. The van der Waals surface area contributed by atoms with Gasteiger partial charge in [0.15, 0.2) is 0 Å². The standard InChI is InChI=1S/C19H24O4/c20-16-3-1-2-11(4-16)9-19(10-17(21)22)14-5-12-6-15(19)8-13(7-14)18(12)23/h1-4,12-15,18,20,23H,5-10H2,(H,21,22). The average molecular weight is 316 g/mol. The van der Waals surface area contributed by atoms with Crippen LogP contribution in [-0.4, -0.2) is 27.4 Å². The molecule has 23 heavy (non-hydrogen) atoms. The van der Waals surface area contributed by atoms with Gasteiger partial charge in [-0.05, 0) is 78.9 Å². The molecule has 1 aromatic rings. The quantitative estimate of drug-likeness (QED) is 0.798. The zero-order valence-electron chi connectivity index (χ0n) is 13.2. The number of benzene rings is 1. The van der Waals surface area contributed by atoms with Gasteiger partial charge in [-0.2, -0.15) is 0 Å². The Balaban J connectivity index is 1.69. The first kappa shape index (κ1) is 15.0. The second kappa shape index (κ2) is 5.23. The number of carbonyl (C=O) groups is 1. The van der Waals surface area contributed by atoms with Crippen molar-refractivity contribution in [2.24, 2.45) is 29.1 Å². The molecule has 4 fully saturated rings. The first-order chi connectivity index (χ1) is 11.0. The summed E-state index contributed by atoms with van der Waals surface area (Å²) in [5, 5.41) is 29.7. The maximum atomic E-state index is 11.6. The number of phenols is 1. The lowest BCUT2D eigenvalue weighted by atomic mass is 9.42. The van der Waals surface area contributed by atoms with Crippen molar-refractivity contribution in [3.8, 4) is 5.75 Å². The molecule has 0 amide bonds. The molecule has 0 atom stereocenters. The molecule has 4 saturated carbocycles. The van der Waals surface area contributed by atoms with Crippen LogP contribution in [0.5, 0.6) is 5.75 Å². The minimum absolute atomic E-state index is 0.175. The largest absolute Gasteiger partial charge is 0.508 e. The molecule has 4 aliphatic carbocycles. The number of aromatic hydroxyl groups is 1. The van der Waals surface area contributed by atoms with E-state index < -0.39 is 5.97 Å². The van der Waals surface area contributed by atoms with Gasteiger partial charge in [0.1, 0.15) is 5.75 Å². The molecule has 0 saturated heterocycles. The van der Waals surface area contributed by atoms with Crippen LogP contribution in [0, 0.1) is 29.1 Å². The lowest BCUT2D eigenvalue weighted by Gasteiger charge is -2.62. The number of rotatable bonds is 4. The Morgan fingerprint density at radius 1 is 1.13 bits per heavy atom. The summed E-state index contributed by atoms with van der Waals surface area (Å²) in [5.41, 5.74) is 0.812. The fraction of sp³-hybridized carbons (Fsp3) is 0.632. The van der Waals surface area contributed by atoms with Crippen molar-refractivity contribution in [3.05, 3.63) is 29.8 Å². The predicted molar refractivity (Wildman–Crippen MR) is 84.9 cm³/mol. The van der Waals surface area contributed by atoms with Crippen LogP contribution >= 0.6 is 0 Å². The van der Waals surface area contributed by atoms with E-state index in [1.807, 2.05) is 12.1 Å². The normalized spacial score (nSPS) is 41.2. The summed E-state index contributed by atoms with van der Waals surface area (Å²) in [6, 6.07) is 7.24. The van der Waals surface area contributed by atoms with Crippen molar-refractivity contribution in [2.75, 3.05) is 0 Å². The fourth-order valence-corrected chi connectivity index (χ4v) is 6.03. The molecule has 0 heterocycles. The Morgan fingerprint density at radius 2 is 1.74 bits per heavy atom. The van der Waals surface area contributed by atoms with Crippen molar-refractivity contribution in [1.29, 1.82) is 0 Å². The third-order valence-electron chi connectivity index (χ3n) is 6.87. The van der Waals surface area contributed by atoms with E-state index in [0.717, 1.165) is 37.7 Å². The number of aliphatic hydroxyl groups is 1. The van der Waals surface area contributed by atoms with E-state index >= 15 is 0 Å². The highest BCUT2D eigenvalue weighted by molar-refractivity contribution is 5.68. The molecule has 4 heteroatoms. The molecule has 0 spiro atoms. The first-order valence-electron chi connectivity index (χ1n) is 8.66. The van der Waals surface area contributed by atoms with E-state index in [-0.39, 0.29) is 23.7 Å². The summed E-state index contributed by atoms with van der Waals surface area (Å²) in [4.78, 5) is 11.6. The fourth-order valence-electron chi connectivity index (χ4n) is 6.03. The van der Waals surface area contributed by atoms with Gasteiger partial charge in [0.2, 0.25) is 0 Å². The molecule has 4 bridgehead atoms. The number of hydrogen-bond donors (Lipinski definition) is 3. The number of carboxylic acid groups (broad SMARTS) is 1. The van der Waals surface area contributed by atoms with Crippen LogP contribution in [0.25, 0.3) is 0 Å². The number of carboxylic acids is 1. The van der Waals surface area contributed by atoms with E-state index in [1.54, 1.807) is 12.1 Å². The monoisotopic (exact) mass is 316 g/mol. The van der Waals surface area contributed by atoms with Crippen LogP contribution in [0.3, 0.4) is 0 Å². The van der Waals surface area contributed by atoms with Crippen LogP contribution in [0.2, 0.25) is 0 Å². The van der Waals surface area contributed by atoms with E-state index in [4.69, 9.17) is 0 Å².